The molecular weight excluding hydrogens is 741 g/mol. The summed E-state index contributed by atoms with van der Waals surface area (Å²) in [6.45, 7) is 9.79. The van der Waals surface area contributed by atoms with E-state index in [0.29, 0.717) is 50.5 Å². The molecule has 58 heavy (non-hydrogen) atoms. The molecule has 0 aromatic heterocycles. The van der Waals surface area contributed by atoms with E-state index < -0.39 is 53.5 Å². The number of ether oxygens (including phenoxy) is 2. The van der Waals surface area contributed by atoms with Crippen LogP contribution in [0.2, 0.25) is 0 Å². The number of nitriles is 1. The van der Waals surface area contributed by atoms with E-state index in [1.165, 1.54) is 19.6 Å². The average molecular weight is 815 g/mol. The van der Waals surface area contributed by atoms with Gasteiger partial charge in [0.05, 0.1) is 24.4 Å². The number of likely N-dealkylation sites (tertiary alicyclic amines) is 1. The molecule has 9 atom stereocenters. The van der Waals surface area contributed by atoms with E-state index in [-0.39, 0.29) is 43.4 Å². The van der Waals surface area contributed by atoms with Crippen molar-refractivity contribution in [2.45, 2.75) is 174 Å². The molecule has 1 heterocycles. The Morgan fingerprint density at radius 2 is 1.67 bits per heavy atom. The maximum atomic E-state index is 13.7. The molecule has 1 saturated heterocycles. The summed E-state index contributed by atoms with van der Waals surface area (Å²) >= 11 is 0. The van der Waals surface area contributed by atoms with Crippen LogP contribution in [0.4, 0.5) is 0 Å². The molecule has 6 unspecified atom stereocenters. The highest BCUT2D eigenvalue weighted by Crippen LogP contribution is 2.31. The Labute approximate surface area is 347 Å². The van der Waals surface area contributed by atoms with Gasteiger partial charge in [-0.2, -0.15) is 5.26 Å². The maximum absolute atomic E-state index is 13.7. The van der Waals surface area contributed by atoms with Crippen molar-refractivity contribution in [1.29, 1.82) is 5.26 Å². The molecule has 328 valence electrons. The van der Waals surface area contributed by atoms with E-state index in [9.17, 15) is 39.6 Å². The summed E-state index contributed by atoms with van der Waals surface area (Å²) in [4.78, 5) is 52.2. The number of rotatable bonds is 26. The number of piperidine rings is 1. The molecule has 1 amide bonds. The van der Waals surface area contributed by atoms with Crippen molar-refractivity contribution in [2.75, 3.05) is 20.8 Å². The van der Waals surface area contributed by atoms with Crippen LogP contribution >= 0.6 is 0 Å². The van der Waals surface area contributed by atoms with Crippen LogP contribution in [0.1, 0.15) is 144 Å². The molecule has 4 N–H and O–H groups in total. The number of Topliss-reactive ketones (excluding diaryl/α,β-unsaturated/α-hetero) is 2. The van der Waals surface area contributed by atoms with Gasteiger partial charge < -0.3 is 34.8 Å². The molecule has 0 bridgehead atoms. The summed E-state index contributed by atoms with van der Waals surface area (Å²) in [6, 6.07) is 0.962. The van der Waals surface area contributed by atoms with Crippen LogP contribution in [0.25, 0.3) is 0 Å². The first-order chi connectivity index (χ1) is 27.4. The van der Waals surface area contributed by atoms with Crippen molar-refractivity contribution in [2.24, 2.45) is 29.6 Å². The Morgan fingerprint density at radius 3 is 2.33 bits per heavy atom. The molecular formula is C46H74N2O10. The molecule has 12 heteroatoms. The number of carbonyl (C=O) groups is 4. The SMILES string of the molecule is COC1CCCC(/C=C(\C)C[C@H](C)[C@@H](O)CC(=O)C(/C=C(/C)C[C@H](C)CCCC(CC(C)C(O)(O)C(=O)C(=O)N2CCCCC2C(=O)O)OC)C/C=C/CCC#N)C1. The van der Waals surface area contributed by atoms with Crippen LogP contribution in [-0.4, -0.2) is 99.7 Å². The maximum Gasteiger partial charge on any atom is 0.326 e. The van der Waals surface area contributed by atoms with Gasteiger partial charge in [-0.3, -0.25) is 14.4 Å². The number of aliphatic hydroxyl groups is 3. The molecule has 0 radical (unpaired) electrons. The number of aliphatic carboxylic acids is 1. The van der Waals surface area contributed by atoms with E-state index in [2.05, 4.69) is 26.0 Å². The summed E-state index contributed by atoms with van der Waals surface area (Å²) in [6.07, 6.45) is 18.4. The fourth-order valence-electron chi connectivity index (χ4n) is 8.61. The van der Waals surface area contributed by atoms with E-state index in [1.807, 2.05) is 32.1 Å². The lowest BCUT2D eigenvalue weighted by Crippen LogP contribution is -2.57. The van der Waals surface area contributed by atoms with Crippen molar-refractivity contribution >= 4 is 23.4 Å². The Hall–Kier alpha value is -3.21. The largest absolute Gasteiger partial charge is 0.480 e. The monoisotopic (exact) mass is 815 g/mol. The smallest absolute Gasteiger partial charge is 0.326 e. The van der Waals surface area contributed by atoms with E-state index in [4.69, 9.17) is 14.7 Å². The first-order valence-electron chi connectivity index (χ1n) is 21.6. The highest BCUT2D eigenvalue weighted by Gasteiger charge is 2.47. The summed E-state index contributed by atoms with van der Waals surface area (Å²) in [5.74, 6) is -7.63. The predicted molar refractivity (Wildman–Crippen MR) is 223 cm³/mol. The van der Waals surface area contributed by atoms with Gasteiger partial charge in [-0.1, -0.05) is 75.5 Å². The second-order valence-corrected chi connectivity index (χ2v) is 17.4. The minimum atomic E-state index is -2.98. The first kappa shape index (κ1) is 50.9. The minimum Gasteiger partial charge on any atom is -0.480 e. The van der Waals surface area contributed by atoms with E-state index >= 15 is 0 Å². The van der Waals surface area contributed by atoms with Crippen molar-refractivity contribution in [3.8, 4) is 6.07 Å². The summed E-state index contributed by atoms with van der Waals surface area (Å²) in [5.41, 5.74) is 2.31. The second kappa shape index (κ2) is 26.1. The van der Waals surface area contributed by atoms with Gasteiger partial charge in [0.15, 0.2) is 0 Å². The standard InChI is InChI=1S/C46H74N2O10/c1-31(16-14-19-38(57-6)28-35(5)46(55,56)43(51)44(52)48-23-13-11-21-40(48)45(53)54)24-32(2)27-37(18-10-8-9-12-22-47)42(50)30-41(49)34(4)25-33(3)26-36-17-15-20-39(29-36)58-7/h8,10,26-27,31,34-41,49,55-56H,9,11-21,23-25,28-30H2,1-7H3,(H,53,54)/b10-8+,32-27-,33-26+/t31-,34+,35?,36?,37?,38?,39?,40?,41+/m1/s1. The number of carbonyl (C=O) groups excluding carboxylic acids is 3. The highest BCUT2D eigenvalue weighted by molar-refractivity contribution is 6.39. The lowest BCUT2D eigenvalue weighted by atomic mass is 9.84. The van der Waals surface area contributed by atoms with Crippen LogP contribution in [0, 0.1) is 40.9 Å². The Morgan fingerprint density at radius 1 is 0.948 bits per heavy atom. The zero-order chi connectivity index (χ0) is 43.4. The van der Waals surface area contributed by atoms with Crippen LogP contribution in [0.5, 0.6) is 0 Å². The molecule has 1 saturated carbocycles. The number of aliphatic hydroxyl groups excluding tert-OH is 1. The number of ketones is 2. The number of hydrogen-bond acceptors (Lipinski definition) is 10. The summed E-state index contributed by atoms with van der Waals surface area (Å²) in [5, 5.41) is 51.2. The number of carboxylic acid groups (broad SMARTS) is 1. The number of nitrogens with zero attached hydrogens (tertiary/aromatic N) is 2. The number of hydrogen-bond donors (Lipinski definition) is 4. The molecule has 0 aromatic carbocycles. The van der Waals surface area contributed by atoms with Crippen LogP contribution in [0.3, 0.4) is 0 Å². The molecule has 2 aliphatic rings. The van der Waals surface area contributed by atoms with Gasteiger partial charge in [-0.05, 0) is 109 Å². The van der Waals surface area contributed by atoms with Gasteiger partial charge in [0, 0.05) is 45.4 Å². The van der Waals surface area contributed by atoms with Crippen molar-refractivity contribution < 1.29 is 49.1 Å². The zero-order valence-corrected chi connectivity index (χ0v) is 36.4. The average Bonchev–Trinajstić information content (AvgIpc) is 3.18. The quantitative estimate of drug-likeness (QED) is 0.0297. The molecule has 1 aliphatic carbocycles. The van der Waals surface area contributed by atoms with Crippen LogP contribution in [-0.2, 0) is 28.7 Å². The van der Waals surface area contributed by atoms with Crippen molar-refractivity contribution in [3.63, 3.8) is 0 Å². The molecule has 2 rings (SSSR count). The fraction of sp³-hybridized carbons (Fsp3) is 0.761. The minimum absolute atomic E-state index is 0.00755. The number of methoxy groups -OCH3 is 2. The van der Waals surface area contributed by atoms with Gasteiger partial charge in [-0.25, -0.2) is 4.79 Å². The lowest BCUT2D eigenvalue weighted by Gasteiger charge is -2.35. The Kier molecular flexibility index (Phi) is 22.9. The third-order valence-corrected chi connectivity index (χ3v) is 12.2. The Bertz CT molecular complexity index is 1450. The van der Waals surface area contributed by atoms with Crippen LogP contribution < -0.4 is 0 Å². The van der Waals surface area contributed by atoms with Crippen molar-refractivity contribution in [1.82, 2.24) is 4.90 Å². The fourth-order valence-corrected chi connectivity index (χ4v) is 8.61. The third kappa shape index (κ3) is 17.2. The molecule has 2 fully saturated rings. The molecule has 0 aromatic rings. The molecule has 12 nitrogen and oxygen atoms in total. The predicted octanol–water partition coefficient (Wildman–Crippen LogP) is 7.25. The van der Waals surface area contributed by atoms with E-state index in [0.717, 1.165) is 61.8 Å². The lowest BCUT2D eigenvalue weighted by molar-refractivity contribution is -0.208. The number of allylic oxidation sites excluding steroid dienone is 6. The summed E-state index contributed by atoms with van der Waals surface area (Å²) < 4.78 is 11.2. The number of amides is 1. The van der Waals surface area contributed by atoms with Crippen molar-refractivity contribution in [3.05, 3.63) is 35.5 Å². The third-order valence-electron chi connectivity index (χ3n) is 12.2. The summed E-state index contributed by atoms with van der Waals surface area (Å²) in [7, 11) is 3.29. The van der Waals surface area contributed by atoms with Gasteiger partial charge in [0.25, 0.3) is 11.7 Å². The number of carboxylic acids is 1. The van der Waals surface area contributed by atoms with Gasteiger partial charge >= 0.3 is 5.97 Å². The second-order valence-electron chi connectivity index (χ2n) is 17.4. The normalized spacial score (nSPS) is 22.8. The number of unbranched alkanes of at least 4 members (excludes halogenated alkanes) is 1. The Balaban J connectivity index is 1.97. The van der Waals surface area contributed by atoms with Gasteiger partial charge in [0.1, 0.15) is 11.8 Å². The van der Waals surface area contributed by atoms with E-state index in [1.54, 1.807) is 7.11 Å². The van der Waals surface area contributed by atoms with Crippen LogP contribution in [0.15, 0.2) is 35.5 Å². The first-order valence-corrected chi connectivity index (χ1v) is 21.6. The zero-order valence-electron chi connectivity index (χ0n) is 36.4. The molecule has 0 spiro atoms. The van der Waals surface area contributed by atoms with Gasteiger partial charge in [-0.15, -0.1) is 0 Å². The molecule has 1 aliphatic heterocycles. The topological polar surface area (TPSA) is 195 Å². The van der Waals surface area contributed by atoms with Gasteiger partial charge in [0.2, 0.25) is 5.79 Å². The highest BCUT2D eigenvalue weighted by atomic mass is 16.5.